The Hall–Kier alpha value is -0.190. The van der Waals surface area contributed by atoms with Crippen molar-refractivity contribution in [1.82, 2.24) is 4.90 Å². The minimum absolute atomic E-state index is 0.128. The predicted octanol–water partition coefficient (Wildman–Crippen LogP) is 2.48. The van der Waals surface area contributed by atoms with E-state index in [9.17, 15) is 4.79 Å². The average Bonchev–Trinajstić information content (AvgIpc) is 2.25. The van der Waals surface area contributed by atoms with E-state index in [-0.39, 0.29) is 11.8 Å². The summed E-state index contributed by atoms with van der Waals surface area (Å²) in [5, 5.41) is 0. The molecule has 0 fully saturated rings. The van der Waals surface area contributed by atoms with Crippen LogP contribution < -0.4 is 0 Å². The number of carbonyl (C=O) groups is 1. The molecule has 8 heteroatoms. The van der Waals surface area contributed by atoms with Crippen molar-refractivity contribution >= 4 is 37.4 Å². The number of amides is 1. The van der Waals surface area contributed by atoms with Crippen LogP contribution in [0.1, 0.15) is 20.3 Å². The van der Waals surface area contributed by atoms with Gasteiger partial charge >= 0.3 is 8.25 Å². The number of nitrogens with zero attached hydrogens (tertiary/aromatic N) is 1. The number of rotatable bonds is 4. The number of alkyl halides is 2. The molecule has 0 aromatic carbocycles. The molecule has 0 aliphatic rings. The molecule has 0 aromatic heterocycles. The molecular formula is C10H19Cl2NO4P+. The minimum Gasteiger partial charge on any atom is -0.345 e. The summed E-state index contributed by atoms with van der Waals surface area (Å²) in [5.74, 6) is -0.373. The Morgan fingerprint density at radius 2 is 1.78 bits per heavy atom. The van der Waals surface area contributed by atoms with Gasteiger partial charge in [0, 0.05) is 30.2 Å². The normalized spacial score (nSPS) is 12.0. The van der Waals surface area contributed by atoms with Gasteiger partial charge in [-0.3, -0.25) is 4.79 Å². The Labute approximate surface area is 118 Å². The fourth-order valence-electron chi connectivity index (χ4n) is 1.03. The van der Waals surface area contributed by atoms with Gasteiger partial charge in [-0.1, -0.05) is 20.4 Å². The second-order valence-electron chi connectivity index (χ2n) is 3.81. The second-order valence-corrected chi connectivity index (χ2v) is 5.86. The lowest BCUT2D eigenvalue weighted by Gasteiger charge is -2.27. The van der Waals surface area contributed by atoms with Crippen molar-refractivity contribution in [3.05, 3.63) is 12.2 Å². The fourth-order valence-corrected chi connectivity index (χ4v) is 1.30. The van der Waals surface area contributed by atoms with E-state index < -0.39 is 12.6 Å². The molecule has 0 aliphatic heterocycles. The summed E-state index contributed by atoms with van der Waals surface area (Å²) in [6, 6.07) is 0. The van der Waals surface area contributed by atoms with Gasteiger partial charge in [0.2, 0.25) is 5.91 Å². The van der Waals surface area contributed by atoms with Gasteiger partial charge in [0.25, 0.3) is 0 Å². The van der Waals surface area contributed by atoms with Crippen molar-refractivity contribution in [3.8, 4) is 0 Å². The second kappa shape index (κ2) is 8.83. The van der Waals surface area contributed by atoms with Crippen LogP contribution in [0, 0.1) is 5.92 Å². The Balaban J connectivity index is 0. The third kappa shape index (κ3) is 8.01. The Kier molecular flexibility index (Phi) is 9.88. The van der Waals surface area contributed by atoms with E-state index in [1.54, 1.807) is 14.1 Å². The standard InChI is InChI=1S/C10H17Cl2NO.HO3P/c1-6-10(11,12)8(3)7(2)9(14)13(4)5;1-4(2)3/h8H,2,6H2,1,3-5H3;(H-,1,2,3)/p+1. The number of hydrogen-bond donors (Lipinski definition) is 2. The van der Waals surface area contributed by atoms with E-state index in [0.717, 1.165) is 0 Å². The summed E-state index contributed by atoms with van der Waals surface area (Å²) in [6.45, 7) is 7.42. The van der Waals surface area contributed by atoms with Gasteiger partial charge in [0.15, 0.2) is 0 Å². The Morgan fingerprint density at radius 3 is 2.00 bits per heavy atom. The summed E-state index contributed by atoms with van der Waals surface area (Å²) in [6.07, 6.45) is 0.580. The van der Waals surface area contributed by atoms with Crippen LogP contribution in [0.3, 0.4) is 0 Å². The van der Waals surface area contributed by atoms with Crippen LogP contribution in [0.4, 0.5) is 0 Å². The van der Waals surface area contributed by atoms with E-state index in [0.29, 0.717) is 12.0 Å². The fraction of sp³-hybridized carbons (Fsp3) is 0.700. The van der Waals surface area contributed by atoms with E-state index in [2.05, 4.69) is 6.58 Å². The van der Waals surface area contributed by atoms with Gasteiger partial charge in [0.1, 0.15) is 4.33 Å². The lowest BCUT2D eigenvalue weighted by atomic mass is 9.95. The van der Waals surface area contributed by atoms with Gasteiger partial charge < -0.3 is 4.90 Å². The summed E-state index contributed by atoms with van der Waals surface area (Å²) < 4.78 is 7.79. The van der Waals surface area contributed by atoms with Crippen molar-refractivity contribution in [1.29, 1.82) is 0 Å². The maximum absolute atomic E-state index is 11.6. The molecule has 1 atom stereocenters. The van der Waals surface area contributed by atoms with E-state index in [1.165, 1.54) is 4.90 Å². The first kappa shape index (κ1) is 20.1. The summed E-state index contributed by atoms with van der Waals surface area (Å²) >= 11 is 12.1. The zero-order valence-corrected chi connectivity index (χ0v) is 13.3. The third-order valence-electron chi connectivity index (χ3n) is 2.31. The van der Waals surface area contributed by atoms with Crippen LogP contribution in [0.2, 0.25) is 0 Å². The van der Waals surface area contributed by atoms with Crippen molar-refractivity contribution < 1.29 is 19.1 Å². The molecule has 0 aliphatic carbocycles. The number of hydrogen-bond acceptors (Lipinski definition) is 2. The van der Waals surface area contributed by atoms with Gasteiger partial charge in [-0.15, -0.1) is 33.0 Å². The van der Waals surface area contributed by atoms with Crippen LogP contribution in [0.5, 0.6) is 0 Å². The lowest BCUT2D eigenvalue weighted by Crippen LogP contribution is -2.32. The Bertz CT molecular complexity index is 317. The highest BCUT2D eigenvalue weighted by Crippen LogP contribution is 2.37. The molecule has 0 heterocycles. The molecule has 1 unspecified atom stereocenters. The largest absolute Gasteiger partial charge is 0.692 e. The average molecular weight is 319 g/mol. The topological polar surface area (TPSA) is 77.8 Å². The van der Waals surface area contributed by atoms with Crippen molar-refractivity contribution in [3.63, 3.8) is 0 Å². The van der Waals surface area contributed by atoms with Crippen LogP contribution in [-0.4, -0.2) is 39.0 Å². The predicted molar refractivity (Wildman–Crippen MR) is 73.8 cm³/mol. The first-order chi connectivity index (χ1) is 7.97. The highest BCUT2D eigenvalue weighted by Gasteiger charge is 2.34. The van der Waals surface area contributed by atoms with Crippen LogP contribution in [0.25, 0.3) is 0 Å². The van der Waals surface area contributed by atoms with Crippen molar-refractivity contribution in [2.24, 2.45) is 5.92 Å². The zero-order valence-electron chi connectivity index (χ0n) is 10.9. The van der Waals surface area contributed by atoms with Gasteiger partial charge in [-0.25, -0.2) is 0 Å². The highest BCUT2D eigenvalue weighted by atomic mass is 35.5. The maximum atomic E-state index is 11.6. The number of likely N-dealkylation sites (N-methyl/N-ethyl adjacent to an activating group) is 1. The summed E-state index contributed by atoms with van der Waals surface area (Å²) in [7, 11) is 0.483. The molecule has 0 spiro atoms. The van der Waals surface area contributed by atoms with E-state index in [1.807, 2.05) is 13.8 Å². The third-order valence-corrected chi connectivity index (χ3v) is 3.50. The molecule has 0 rings (SSSR count). The number of halogens is 2. The van der Waals surface area contributed by atoms with Crippen LogP contribution in [-0.2, 0) is 9.36 Å². The smallest absolute Gasteiger partial charge is 0.345 e. The molecule has 2 N–H and O–H groups in total. The summed E-state index contributed by atoms with van der Waals surface area (Å²) in [4.78, 5) is 27.3. The summed E-state index contributed by atoms with van der Waals surface area (Å²) in [5.41, 5.74) is 0.446. The van der Waals surface area contributed by atoms with Gasteiger partial charge in [-0.2, -0.15) is 0 Å². The molecule has 0 aromatic rings. The van der Waals surface area contributed by atoms with Crippen LogP contribution in [0.15, 0.2) is 12.2 Å². The molecular weight excluding hydrogens is 300 g/mol. The van der Waals surface area contributed by atoms with Gasteiger partial charge in [0.05, 0.1) is 0 Å². The SMILES string of the molecule is C=C(C(=O)N(C)C)C(C)C(Cl)(Cl)CC.O=[P+](O)O. The molecule has 18 heavy (non-hydrogen) atoms. The molecule has 106 valence electrons. The molecule has 0 radical (unpaired) electrons. The maximum Gasteiger partial charge on any atom is 0.692 e. The highest BCUT2D eigenvalue weighted by molar-refractivity contribution is 7.30. The van der Waals surface area contributed by atoms with Crippen LogP contribution >= 0.6 is 31.5 Å². The first-order valence-corrected chi connectivity index (χ1v) is 7.02. The van der Waals surface area contributed by atoms with E-state index in [4.69, 9.17) is 37.6 Å². The quantitative estimate of drug-likeness (QED) is 0.474. The Morgan fingerprint density at radius 1 is 1.44 bits per heavy atom. The first-order valence-electron chi connectivity index (χ1n) is 5.10. The lowest BCUT2D eigenvalue weighted by molar-refractivity contribution is -0.125. The molecule has 0 bridgehead atoms. The zero-order chi connectivity index (χ0) is 15.1. The minimum atomic E-state index is -2.87. The molecule has 0 saturated carbocycles. The number of carbonyl (C=O) groups excluding carboxylic acids is 1. The van der Waals surface area contributed by atoms with Crippen molar-refractivity contribution in [2.45, 2.75) is 24.6 Å². The molecule has 5 nitrogen and oxygen atoms in total. The molecule has 0 saturated heterocycles. The van der Waals surface area contributed by atoms with E-state index >= 15 is 0 Å². The van der Waals surface area contributed by atoms with Gasteiger partial charge in [-0.05, 0) is 6.42 Å². The van der Waals surface area contributed by atoms with Crippen molar-refractivity contribution in [2.75, 3.05) is 14.1 Å². The monoisotopic (exact) mass is 318 g/mol. The molecule has 1 amide bonds.